The molecule has 0 spiro atoms. The smallest absolute Gasteiger partial charge is 0.249 e. The van der Waals surface area contributed by atoms with E-state index in [9.17, 15) is 15.1 Å². The molecular weight excluding hydrogens is 480 g/mol. The van der Waals surface area contributed by atoms with Crippen molar-refractivity contribution >= 4 is 28.4 Å². The maximum Gasteiger partial charge on any atom is 0.249 e. The zero-order chi connectivity index (χ0) is 25.5. The van der Waals surface area contributed by atoms with E-state index >= 15 is 0 Å². The van der Waals surface area contributed by atoms with Gasteiger partial charge >= 0.3 is 0 Å². The van der Waals surface area contributed by atoms with Gasteiger partial charge in [0.05, 0.1) is 29.2 Å². The standard InChI is InChI=1S/C27H33ClN4O4/c1-36-20-6-7-23-21(16-20)25(22(28)18-30-23)24(33)8-9-27(26(34)31-35)10-14-32(15-11-27)13-3-5-19-4-2-12-29-17-19/h2,4,6-7,12,16-18,24,33,35H,3,5,8-11,13-15H2,1H3,(H,31,34)/t24-/m1/s1. The van der Waals surface area contributed by atoms with E-state index in [1.165, 1.54) is 11.8 Å². The molecule has 192 valence electrons. The number of likely N-dealkylation sites (tertiary alicyclic amines) is 1. The molecular formula is C27H33ClN4O4. The first kappa shape index (κ1) is 26.3. The zero-order valence-corrected chi connectivity index (χ0v) is 21.2. The van der Waals surface area contributed by atoms with Crippen molar-refractivity contribution in [3.8, 4) is 5.75 Å². The first-order valence-electron chi connectivity index (χ1n) is 12.3. The molecule has 1 saturated heterocycles. The number of benzene rings is 1. The second-order valence-corrected chi connectivity index (χ2v) is 9.89. The molecule has 0 radical (unpaired) electrons. The third kappa shape index (κ3) is 5.95. The third-order valence-corrected chi connectivity index (χ3v) is 7.66. The number of hydroxylamine groups is 1. The van der Waals surface area contributed by atoms with Crippen LogP contribution in [0, 0.1) is 5.41 Å². The number of aryl methyl sites for hydroxylation is 1. The van der Waals surface area contributed by atoms with Crippen molar-refractivity contribution in [2.24, 2.45) is 5.41 Å². The van der Waals surface area contributed by atoms with E-state index in [-0.39, 0.29) is 0 Å². The molecule has 1 aliphatic heterocycles. The van der Waals surface area contributed by atoms with Crippen LogP contribution in [0.2, 0.25) is 5.02 Å². The summed E-state index contributed by atoms with van der Waals surface area (Å²) in [5.41, 5.74) is 3.63. The van der Waals surface area contributed by atoms with E-state index in [1.807, 2.05) is 35.9 Å². The van der Waals surface area contributed by atoms with E-state index in [0.717, 1.165) is 37.9 Å². The minimum Gasteiger partial charge on any atom is -0.497 e. The van der Waals surface area contributed by atoms with E-state index in [2.05, 4.69) is 20.9 Å². The van der Waals surface area contributed by atoms with E-state index in [1.54, 1.807) is 13.3 Å². The van der Waals surface area contributed by atoms with Gasteiger partial charge in [-0.25, -0.2) is 5.48 Å². The Hall–Kier alpha value is -2.78. The second-order valence-electron chi connectivity index (χ2n) is 9.49. The molecule has 36 heavy (non-hydrogen) atoms. The summed E-state index contributed by atoms with van der Waals surface area (Å²) >= 11 is 6.46. The summed E-state index contributed by atoms with van der Waals surface area (Å²) in [5, 5.41) is 21.8. The fourth-order valence-electron chi connectivity index (χ4n) is 5.16. The number of piperidine rings is 1. The Balaban J connectivity index is 1.40. The predicted molar refractivity (Wildman–Crippen MR) is 138 cm³/mol. The second kappa shape index (κ2) is 12.0. The molecule has 0 bridgehead atoms. The third-order valence-electron chi connectivity index (χ3n) is 7.36. The highest BCUT2D eigenvalue weighted by molar-refractivity contribution is 6.32. The number of halogens is 1. The molecule has 0 saturated carbocycles. The molecule has 1 aliphatic rings. The highest BCUT2D eigenvalue weighted by atomic mass is 35.5. The Morgan fingerprint density at radius 1 is 1.28 bits per heavy atom. The van der Waals surface area contributed by atoms with E-state index in [0.29, 0.717) is 47.5 Å². The molecule has 4 rings (SSSR count). The largest absolute Gasteiger partial charge is 0.497 e. The highest BCUT2D eigenvalue weighted by Crippen LogP contribution is 2.41. The van der Waals surface area contributed by atoms with Crippen LogP contribution in [0.3, 0.4) is 0 Å². The van der Waals surface area contributed by atoms with Crippen LogP contribution in [-0.2, 0) is 11.2 Å². The number of aromatic nitrogens is 2. The summed E-state index contributed by atoms with van der Waals surface area (Å²) < 4.78 is 5.34. The number of hydrogen-bond acceptors (Lipinski definition) is 7. The maximum absolute atomic E-state index is 12.8. The van der Waals surface area contributed by atoms with Gasteiger partial charge in [0.1, 0.15) is 5.75 Å². The summed E-state index contributed by atoms with van der Waals surface area (Å²) in [6.07, 6.45) is 8.26. The van der Waals surface area contributed by atoms with Crippen LogP contribution in [0.5, 0.6) is 5.75 Å². The van der Waals surface area contributed by atoms with Crippen LogP contribution in [0.25, 0.3) is 10.9 Å². The molecule has 1 aromatic carbocycles. The van der Waals surface area contributed by atoms with Crippen molar-refractivity contribution in [3.05, 3.63) is 65.1 Å². The van der Waals surface area contributed by atoms with E-state index in [4.69, 9.17) is 16.3 Å². The van der Waals surface area contributed by atoms with Gasteiger partial charge in [0.25, 0.3) is 0 Å². The fourth-order valence-corrected chi connectivity index (χ4v) is 5.43. The van der Waals surface area contributed by atoms with Crippen molar-refractivity contribution in [1.29, 1.82) is 0 Å². The predicted octanol–water partition coefficient (Wildman–Crippen LogP) is 4.33. The number of methoxy groups -OCH3 is 1. The highest BCUT2D eigenvalue weighted by Gasteiger charge is 2.41. The maximum atomic E-state index is 12.8. The average Bonchev–Trinajstić information content (AvgIpc) is 2.92. The Kier molecular flexibility index (Phi) is 8.74. The molecule has 3 N–H and O–H groups in total. The summed E-state index contributed by atoms with van der Waals surface area (Å²) in [4.78, 5) is 23.7. The van der Waals surface area contributed by atoms with E-state index < -0.39 is 17.4 Å². The van der Waals surface area contributed by atoms with Gasteiger partial charge in [-0.05, 0) is 88.0 Å². The molecule has 0 unspecified atom stereocenters. The lowest BCUT2D eigenvalue weighted by Gasteiger charge is -2.40. The van der Waals surface area contributed by atoms with Gasteiger partial charge in [0, 0.05) is 29.5 Å². The van der Waals surface area contributed by atoms with Gasteiger partial charge in [-0.15, -0.1) is 0 Å². The summed E-state index contributed by atoms with van der Waals surface area (Å²) in [5.74, 6) is 0.254. The minimum absolute atomic E-state index is 0.324. The number of carbonyl (C=O) groups is 1. The number of pyridine rings is 2. The fraction of sp³-hybridized carbons (Fsp3) is 0.444. The van der Waals surface area contributed by atoms with Gasteiger partial charge in [0.15, 0.2) is 0 Å². The number of ether oxygens (including phenoxy) is 1. The molecule has 0 aliphatic carbocycles. The molecule has 3 aromatic rings. The van der Waals surface area contributed by atoms with Crippen LogP contribution < -0.4 is 10.2 Å². The number of rotatable bonds is 10. The SMILES string of the molecule is COc1ccc2ncc(Cl)c([C@H](O)CCC3(C(=O)NO)CCN(CCCc4cccnc4)CC3)c2c1. The molecule has 1 atom stereocenters. The molecule has 1 amide bonds. The van der Waals surface area contributed by atoms with Crippen molar-refractivity contribution in [2.45, 2.75) is 44.6 Å². The Bertz CT molecular complexity index is 1170. The Morgan fingerprint density at radius 2 is 2.08 bits per heavy atom. The quantitative estimate of drug-likeness (QED) is 0.274. The number of aliphatic hydroxyl groups excluding tert-OH is 1. The van der Waals surface area contributed by atoms with Crippen LogP contribution >= 0.6 is 11.6 Å². The van der Waals surface area contributed by atoms with Crippen LogP contribution in [0.4, 0.5) is 0 Å². The molecule has 1 fully saturated rings. The molecule has 3 heterocycles. The van der Waals surface area contributed by atoms with Gasteiger partial charge in [-0.3, -0.25) is 20.0 Å². The number of carbonyl (C=O) groups excluding carboxylic acids is 1. The zero-order valence-electron chi connectivity index (χ0n) is 20.5. The van der Waals surface area contributed by atoms with Crippen LogP contribution in [-0.4, -0.2) is 57.8 Å². The molecule has 9 heteroatoms. The Labute approximate surface area is 216 Å². The normalized spacial score (nSPS) is 16.6. The average molecular weight is 513 g/mol. The topological polar surface area (TPSA) is 108 Å². The van der Waals surface area contributed by atoms with Gasteiger partial charge < -0.3 is 14.7 Å². The first-order chi connectivity index (χ1) is 17.5. The number of nitrogens with one attached hydrogen (secondary N) is 1. The molecule has 8 nitrogen and oxygen atoms in total. The minimum atomic E-state index is -0.893. The summed E-state index contributed by atoms with van der Waals surface area (Å²) in [7, 11) is 1.58. The van der Waals surface area contributed by atoms with Crippen molar-refractivity contribution in [2.75, 3.05) is 26.7 Å². The lowest BCUT2D eigenvalue weighted by Crippen LogP contribution is -2.48. The number of amides is 1. The number of nitrogens with zero attached hydrogens (tertiary/aromatic N) is 3. The van der Waals surface area contributed by atoms with Gasteiger partial charge in [-0.2, -0.15) is 0 Å². The number of hydrogen-bond donors (Lipinski definition) is 3. The van der Waals surface area contributed by atoms with Gasteiger partial charge in [0.2, 0.25) is 5.91 Å². The van der Waals surface area contributed by atoms with Crippen molar-refractivity contribution < 1.29 is 19.8 Å². The Morgan fingerprint density at radius 3 is 2.78 bits per heavy atom. The lowest BCUT2D eigenvalue weighted by atomic mass is 9.73. The summed E-state index contributed by atoms with van der Waals surface area (Å²) in [6.45, 7) is 2.45. The number of fused-ring (bicyclic) bond motifs is 1. The van der Waals surface area contributed by atoms with Crippen molar-refractivity contribution in [1.82, 2.24) is 20.3 Å². The summed E-state index contributed by atoms with van der Waals surface area (Å²) in [6, 6.07) is 9.48. The first-order valence-corrected chi connectivity index (χ1v) is 12.7. The molecule has 2 aromatic heterocycles. The van der Waals surface area contributed by atoms with Crippen LogP contribution in [0.15, 0.2) is 48.9 Å². The monoisotopic (exact) mass is 512 g/mol. The van der Waals surface area contributed by atoms with Crippen LogP contribution in [0.1, 0.15) is 49.3 Å². The van der Waals surface area contributed by atoms with Crippen molar-refractivity contribution in [3.63, 3.8) is 0 Å². The van der Waals surface area contributed by atoms with Gasteiger partial charge in [-0.1, -0.05) is 17.7 Å². The number of aliphatic hydroxyl groups is 1. The lowest BCUT2D eigenvalue weighted by molar-refractivity contribution is -0.143.